The first-order valence-electron chi connectivity index (χ1n) is 5.43. The molecule has 0 aliphatic heterocycles. The van der Waals surface area contributed by atoms with Gasteiger partial charge < -0.3 is 5.43 Å². The van der Waals surface area contributed by atoms with E-state index in [0.29, 0.717) is 17.0 Å². The molecule has 0 unspecified atom stereocenters. The number of sulfonamides is 1. The lowest BCUT2D eigenvalue weighted by Crippen LogP contribution is -2.22. The molecule has 0 radical (unpaired) electrons. The zero-order valence-corrected chi connectivity index (χ0v) is 12.0. The van der Waals surface area contributed by atoms with Gasteiger partial charge in [0, 0.05) is 12.3 Å². The normalized spacial score (nSPS) is 11.3. The van der Waals surface area contributed by atoms with Crippen molar-refractivity contribution in [2.75, 3.05) is 5.43 Å². The molecular formula is C9H10N6O4S2. The minimum atomic E-state index is -3.90. The van der Waals surface area contributed by atoms with Crippen LogP contribution in [0.5, 0.6) is 0 Å². The van der Waals surface area contributed by atoms with Crippen molar-refractivity contribution >= 4 is 32.0 Å². The lowest BCUT2D eigenvalue weighted by atomic mass is 10.4. The van der Waals surface area contributed by atoms with Crippen LogP contribution in [0.4, 0.5) is 10.7 Å². The fourth-order valence-electron chi connectivity index (χ4n) is 1.39. The van der Waals surface area contributed by atoms with E-state index in [0.717, 1.165) is 6.07 Å². The average molecular weight is 330 g/mol. The number of nitrogen functional groups attached to an aromatic ring is 1. The Bertz CT molecular complexity index is 745. The van der Waals surface area contributed by atoms with Gasteiger partial charge in [-0.25, -0.2) is 29.0 Å². The van der Waals surface area contributed by atoms with Gasteiger partial charge in [-0.1, -0.05) is 11.3 Å². The quantitative estimate of drug-likeness (QED) is 0.386. The van der Waals surface area contributed by atoms with Gasteiger partial charge in [0.05, 0.1) is 17.2 Å². The number of nitro groups is 1. The molecule has 0 saturated carbocycles. The predicted octanol–water partition coefficient (Wildman–Crippen LogP) is 0.210. The van der Waals surface area contributed by atoms with Gasteiger partial charge in [-0.3, -0.25) is 10.1 Å². The van der Waals surface area contributed by atoms with E-state index in [2.05, 4.69) is 20.1 Å². The van der Waals surface area contributed by atoms with Crippen molar-refractivity contribution in [1.82, 2.24) is 14.7 Å². The second-order valence-corrected chi connectivity index (χ2v) is 6.75. The van der Waals surface area contributed by atoms with Crippen LogP contribution in [0.3, 0.4) is 0 Å². The summed E-state index contributed by atoms with van der Waals surface area (Å²) in [5.41, 5.74) is 2.18. The van der Waals surface area contributed by atoms with Crippen LogP contribution in [0.1, 0.15) is 5.69 Å². The van der Waals surface area contributed by atoms with Gasteiger partial charge in [-0.15, -0.1) is 0 Å². The number of hydrazine groups is 1. The number of thiophene rings is 1. The van der Waals surface area contributed by atoms with Crippen molar-refractivity contribution in [3.63, 3.8) is 0 Å². The van der Waals surface area contributed by atoms with Crippen molar-refractivity contribution in [3.05, 3.63) is 40.5 Å². The predicted molar refractivity (Wildman–Crippen MR) is 74.8 cm³/mol. The number of rotatable bonds is 6. The minimum absolute atomic E-state index is 0.0394. The smallest absolute Gasteiger partial charge is 0.306 e. The highest BCUT2D eigenvalue weighted by molar-refractivity contribution is 7.91. The summed E-state index contributed by atoms with van der Waals surface area (Å²) in [5.74, 6) is 5.13. The van der Waals surface area contributed by atoms with E-state index in [1.165, 1.54) is 12.5 Å². The molecule has 0 aromatic carbocycles. The molecule has 0 spiro atoms. The number of hydrogen-bond donors (Lipinski definition) is 3. The summed E-state index contributed by atoms with van der Waals surface area (Å²) in [6.07, 6.45) is 2.76. The molecule has 112 valence electrons. The Balaban J connectivity index is 2.22. The van der Waals surface area contributed by atoms with E-state index in [1.54, 1.807) is 6.07 Å². The Hall–Kier alpha value is -2.15. The zero-order chi connectivity index (χ0) is 15.5. The topological polar surface area (TPSA) is 153 Å². The first kappa shape index (κ1) is 15.2. The minimum Gasteiger partial charge on any atom is -0.310 e. The maximum atomic E-state index is 12.1. The Kier molecular flexibility index (Phi) is 4.42. The zero-order valence-electron chi connectivity index (χ0n) is 10.4. The summed E-state index contributed by atoms with van der Waals surface area (Å²) in [5, 5.41) is 10.7. The van der Waals surface area contributed by atoms with E-state index >= 15 is 0 Å². The molecule has 2 aromatic heterocycles. The molecule has 2 aromatic rings. The van der Waals surface area contributed by atoms with Gasteiger partial charge in [-0.05, 0) is 6.07 Å². The van der Waals surface area contributed by atoms with Crippen LogP contribution in [0, 0.1) is 10.1 Å². The molecule has 0 saturated heterocycles. The van der Waals surface area contributed by atoms with Crippen LogP contribution < -0.4 is 16.0 Å². The summed E-state index contributed by atoms with van der Waals surface area (Å²) in [4.78, 5) is 17.6. The van der Waals surface area contributed by atoms with E-state index in [1.807, 2.05) is 0 Å². The highest BCUT2D eigenvalue weighted by Gasteiger charge is 2.25. The molecule has 2 heterocycles. The molecule has 4 N–H and O–H groups in total. The number of aromatic nitrogens is 2. The third-order valence-electron chi connectivity index (χ3n) is 2.37. The molecule has 0 fully saturated rings. The third-order valence-corrected chi connectivity index (χ3v) is 5.30. The molecule has 10 nitrogen and oxygen atoms in total. The maximum absolute atomic E-state index is 12.1. The van der Waals surface area contributed by atoms with Crippen molar-refractivity contribution in [1.29, 1.82) is 0 Å². The molecule has 0 bridgehead atoms. The van der Waals surface area contributed by atoms with Crippen LogP contribution in [0.15, 0.2) is 28.9 Å². The van der Waals surface area contributed by atoms with Crippen molar-refractivity contribution in [2.24, 2.45) is 5.84 Å². The Morgan fingerprint density at radius 2 is 2.24 bits per heavy atom. The fourth-order valence-corrected chi connectivity index (χ4v) is 3.67. The maximum Gasteiger partial charge on any atom is 0.306 e. The van der Waals surface area contributed by atoms with Crippen LogP contribution in [0.2, 0.25) is 0 Å². The molecule has 0 amide bonds. The first-order chi connectivity index (χ1) is 9.94. The standard InChI is InChI=1S/C9H10N6O4S2/c10-14-9-7(15(16)17)3-8(20-9)21(18,19)13-4-6-1-2-11-5-12-6/h1-3,5,13-14H,4,10H2. The van der Waals surface area contributed by atoms with E-state index in [4.69, 9.17) is 5.84 Å². The number of nitrogens with one attached hydrogen (secondary N) is 2. The van der Waals surface area contributed by atoms with Crippen LogP contribution >= 0.6 is 11.3 Å². The summed E-state index contributed by atoms with van der Waals surface area (Å²) < 4.78 is 26.2. The summed E-state index contributed by atoms with van der Waals surface area (Å²) in [6.45, 7) is -0.0536. The SMILES string of the molecule is NNc1sc(S(=O)(=O)NCc2ccncn2)cc1[N+](=O)[O-]. The second-order valence-electron chi connectivity index (χ2n) is 3.71. The molecule has 12 heteroatoms. The van der Waals surface area contributed by atoms with Crippen LogP contribution in [0.25, 0.3) is 0 Å². The first-order valence-corrected chi connectivity index (χ1v) is 7.73. The lowest BCUT2D eigenvalue weighted by molar-refractivity contribution is -0.383. The van der Waals surface area contributed by atoms with E-state index < -0.39 is 20.6 Å². The molecular weight excluding hydrogens is 320 g/mol. The molecule has 0 atom stereocenters. The Labute approximate surface area is 123 Å². The number of nitrogens with two attached hydrogens (primary N) is 1. The van der Waals surface area contributed by atoms with Gasteiger partial charge in [0.1, 0.15) is 10.5 Å². The van der Waals surface area contributed by atoms with Crippen molar-refractivity contribution in [2.45, 2.75) is 10.8 Å². The molecule has 2 rings (SSSR count). The number of hydrogen-bond acceptors (Lipinski definition) is 9. The molecule has 21 heavy (non-hydrogen) atoms. The van der Waals surface area contributed by atoms with E-state index in [-0.39, 0.29) is 15.8 Å². The van der Waals surface area contributed by atoms with Crippen LogP contribution in [-0.2, 0) is 16.6 Å². The Morgan fingerprint density at radius 1 is 1.48 bits per heavy atom. The summed E-state index contributed by atoms with van der Waals surface area (Å²) in [7, 11) is -3.90. The molecule has 0 aliphatic rings. The van der Waals surface area contributed by atoms with Gasteiger partial charge in [0.2, 0.25) is 0 Å². The van der Waals surface area contributed by atoms with Crippen LogP contribution in [-0.4, -0.2) is 23.3 Å². The third kappa shape index (κ3) is 3.49. The summed E-state index contributed by atoms with van der Waals surface area (Å²) in [6, 6.07) is 2.49. The van der Waals surface area contributed by atoms with Gasteiger partial charge in [0.15, 0.2) is 5.00 Å². The van der Waals surface area contributed by atoms with Crippen molar-refractivity contribution in [3.8, 4) is 0 Å². The highest BCUT2D eigenvalue weighted by atomic mass is 32.2. The highest BCUT2D eigenvalue weighted by Crippen LogP contribution is 2.36. The number of anilines is 1. The largest absolute Gasteiger partial charge is 0.310 e. The van der Waals surface area contributed by atoms with E-state index in [9.17, 15) is 18.5 Å². The molecule has 0 aliphatic carbocycles. The van der Waals surface area contributed by atoms with Gasteiger partial charge >= 0.3 is 5.69 Å². The summed E-state index contributed by atoms with van der Waals surface area (Å²) >= 11 is 0.669. The van der Waals surface area contributed by atoms with Crippen molar-refractivity contribution < 1.29 is 13.3 Å². The monoisotopic (exact) mass is 330 g/mol. The number of nitrogens with zero attached hydrogens (tertiary/aromatic N) is 3. The average Bonchev–Trinajstić information content (AvgIpc) is 2.92. The Morgan fingerprint density at radius 3 is 2.76 bits per heavy atom. The lowest BCUT2D eigenvalue weighted by Gasteiger charge is -2.03. The fraction of sp³-hybridized carbons (Fsp3) is 0.111. The second kappa shape index (κ2) is 6.09. The van der Waals surface area contributed by atoms with Gasteiger partial charge in [0.25, 0.3) is 10.0 Å². The van der Waals surface area contributed by atoms with Gasteiger partial charge in [-0.2, -0.15) is 0 Å².